The summed E-state index contributed by atoms with van der Waals surface area (Å²) in [4.78, 5) is 78.6. The summed E-state index contributed by atoms with van der Waals surface area (Å²) in [6.45, 7) is 2.26. The Kier molecular flexibility index (Phi) is 17.0. The third-order valence-corrected chi connectivity index (χ3v) is 10.3. The molecule has 0 radical (unpaired) electrons. The van der Waals surface area contributed by atoms with Crippen molar-refractivity contribution in [1.29, 1.82) is 0 Å². The monoisotopic (exact) mass is 946 g/mol. The van der Waals surface area contributed by atoms with Crippen LogP contribution in [0, 0.1) is 0 Å². The minimum absolute atomic E-state index is 0.00485. The molecule has 0 aliphatic carbocycles. The number of alkyl halides is 2. The Morgan fingerprint density at radius 3 is 1.25 bits per heavy atom. The van der Waals surface area contributed by atoms with E-state index in [9.17, 15) is 28.8 Å². The number of para-hydroxylation sites is 2. The Morgan fingerprint density at radius 2 is 0.906 bits per heavy atom. The van der Waals surface area contributed by atoms with Crippen molar-refractivity contribution >= 4 is 116 Å². The summed E-state index contributed by atoms with van der Waals surface area (Å²) in [5.41, 5.74) is 2.78. The summed E-state index contributed by atoms with van der Waals surface area (Å²) < 4.78 is 11.0. The number of carbonyl (C=O) groups excluding carboxylic acids is 6. The summed E-state index contributed by atoms with van der Waals surface area (Å²) in [7, 11) is 2.53. The maximum Gasteiger partial charge on any atom is 0.258 e. The molecule has 4 amide bonds. The second kappa shape index (κ2) is 22.6. The highest BCUT2D eigenvalue weighted by molar-refractivity contribution is 6.33. The lowest BCUT2D eigenvalue weighted by Crippen LogP contribution is -2.32. The number of hydrogen-bond donors (Lipinski definition) is 4. The van der Waals surface area contributed by atoms with Gasteiger partial charge in [-0.15, -0.1) is 23.2 Å². The maximum absolute atomic E-state index is 13.5. The lowest BCUT2D eigenvalue weighted by atomic mass is 10.1. The zero-order valence-electron chi connectivity index (χ0n) is 34.4. The number of benzene rings is 5. The molecule has 64 heavy (non-hydrogen) atoms. The number of nitrogens with zero attached hydrogens (tertiary/aromatic N) is 4. The van der Waals surface area contributed by atoms with Gasteiger partial charge in [0.15, 0.2) is 23.1 Å². The predicted octanol–water partition coefficient (Wildman–Crippen LogP) is 10.4. The number of ketones is 2. The normalized spacial score (nSPS) is 12.0. The molecule has 0 aliphatic heterocycles. The first-order chi connectivity index (χ1) is 30.7. The average Bonchev–Trinajstić information content (AvgIpc) is 3.27. The van der Waals surface area contributed by atoms with Crippen molar-refractivity contribution in [2.24, 2.45) is 20.5 Å². The Hall–Kier alpha value is -6.72. The van der Waals surface area contributed by atoms with E-state index in [0.29, 0.717) is 22.5 Å². The van der Waals surface area contributed by atoms with Gasteiger partial charge in [-0.3, -0.25) is 28.8 Å². The van der Waals surface area contributed by atoms with E-state index in [1.54, 1.807) is 48.5 Å². The van der Waals surface area contributed by atoms with Gasteiger partial charge in [0.05, 0.1) is 35.6 Å². The third-order valence-electron chi connectivity index (χ3n) is 9.10. The molecule has 2 unspecified atom stereocenters. The van der Waals surface area contributed by atoms with E-state index in [1.165, 1.54) is 62.8 Å². The zero-order chi connectivity index (χ0) is 46.5. The Labute approximate surface area is 386 Å². The summed E-state index contributed by atoms with van der Waals surface area (Å²) in [6.07, 6.45) is 0. The molecule has 20 heteroatoms. The lowest BCUT2D eigenvalue weighted by molar-refractivity contribution is -0.127. The van der Waals surface area contributed by atoms with Crippen LogP contribution in [-0.2, 0) is 30.9 Å². The van der Waals surface area contributed by atoms with E-state index in [4.69, 9.17) is 55.9 Å². The van der Waals surface area contributed by atoms with Crippen LogP contribution < -0.4 is 30.7 Å². The first-order valence-corrected chi connectivity index (χ1v) is 20.7. The number of nitrogens with one attached hydrogen (secondary N) is 4. The van der Waals surface area contributed by atoms with Gasteiger partial charge in [-0.1, -0.05) is 59.6 Å². The smallest absolute Gasteiger partial charge is 0.258 e. The lowest BCUT2D eigenvalue weighted by Gasteiger charge is -2.19. The van der Waals surface area contributed by atoms with Crippen LogP contribution in [0.3, 0.4) is 0 Å². The molecule has 16 nitrogen and oxygen atoms in total. The van der Waals surface area contributed by atoms with Crippen molar-refractivity contribution in [1.82, 2.24) is 0 Å². The quantitative estimate of drug-likeness (QED) is 0.0375. The van der Waals surface area contributed by atoms with Crippen molar-refractivity contribution in [2.75, 3.05) is 35.5 Å². The first-order valence-electron chi connectivity index (χ1n) is 18.9. The second-order valence-electron chi connectivity index (χ2n) is 13.5. The number of ether oxygens (including phenoxy) is 2. The topological polar surface area (TPSA) is 218 Å². The number of carbonyl (C=O) groups is 6. The van der Waals surface area contributed by atoms with Gasteiger partial charge in [-0.05, 0) is 85.6 Å². The molecule has 0 aliphatic rings. The molecular formula is C44H38Cl4N8O8. The van der Waals surface area contributed by atoms with E-state index >= 15 is 0 Å². The molecule has 0 heterocycles. The van der Waals surface area contributed by atoms with Crippen molar-refractivity contribution in [2.45, 2.75) is 37.7 Å². The number of rotatable bonds is 18. The fraction of sp³-hybridized carbons (Fsp3) is 0.182. The Bertz CT molecular complexity index is 2500. The van der Waals surface area contributed by atoms with Crippen LogP contribution in [0.15, 0.2) is 118 Å². The highest BCUT2D eigenvalue weighted by Crippen LogP contribution is 2.42. The van der Waals surface area contributed by atoms with E-state index in [1.807, 2.05) is 0 Å². The van der Waals surface area contributed by atoms with Crippen LogP contribution in [0.1, 0.15) is 45.7 Å². The molecule has 0 aromatic heterocycles. The largest absolute Gasteiger partial charge is 0.491 e. The molecule has 4 N–H and O–H groups in total. The summed E-state index contributed by atoms with van der Waals surface area (Å²) in [5.74, 6) is -4.02. The van der Waals surface area contributed by atoms with E-state index < -0.39 is 47.3 Å². The first kappa shape index (κ1) is 48.3. The minimum atomic E-state index is -1.68. The zero-order valence-corrected chi connectivity index (χ0v) is 37.4. The fourth-order valence-corrected chi connectivity index (χ4v) is 6.59. The van der Waals surface area contributed by atoms with E-state index in [2.05, 4.69) is 41.7 Å². The van der Waals surface area contributed by atoms with E-state index in [0.717, 1.165) is 13.8 Å². The molecular weight excluding hydrogens is 910 g/mol. The molecule has 5 aromatic carbocycles. The maximum atomic E-state index is 13.5. The molecule has 330 valence electrons. The summed E-state index contributed by atoms with van der Waals surface area (Å²) in [6, 6.07) is 21.8. The SMILES string of the molecule is COc1c(NC(=O)C(N=Nc2cc(C(=O)Nc3ccccc3CCl)ccc2Cl)C(C)=O)ccc(NC(=O)C(N=Nc2cc(C(=O)Nc3ccccc3CCl)ccc2Cl)C(C)=O)c1OC. The number of hydrogen-bond acceptors (Lipinski definition) is 12. The van der Waals surface area contributed by atoms with Gasteiger partial charge in [0.1, 0.15) is 11.4 Å². The third kappa shape index (κ3) is 12.0. The minimum Gasteiger partial charge on any atom is -0.491 e. The molecule has 0 saturated carbocycles. The van der Waals surface area contributed by atoms with Gasteiger partial charge in [0, 0.05) is 34.3 Å². The predicted molar refractivity (Wildman–Crippen MR) is 246 cm³/mol. The van der Waals surface area contributed by atoms with Gasteiger partial charge < -0.3 is 30.7 Å². The molecule has 0 fully saturated rings. The highest BCUT2D eigenvalue weighted by Gasteiger charge is 2.29. The van der Waals surface area contributed by atoms with Crippen molar-refractivity contribution in [3.8, 4) is 11.5 Å². The van der Waals surface area contributed by atoms with Crippen LogP contribution in [0.2, 0.25) is 10.0 Å². The molecule has 2 atom stereocenters. The Balaban J connectivity index is 1.31. The van der Waals surface area contributed by atoms with Gasteiger partial charge in [0.25, 0.3) is 23.6 Å². The molecule has 5 rings (SSSR count). The van der Waals surface area contributed by atoms with Gasteiger partial charge >= 0.3 is 0 Å². The number of azo groups is 2. The highest BCUT2D eigenvalue weighted by atomic mass is 35.5. The van der Waals surface area contributed by atoms with E-state index in [-0.39, 0.29) is 67.2 Å². The van der Waals surface area contributed by atoms with Crippen LogP contribution >= 0.6 is 46.4 Å². The Morgan fingerprint density at radius 1 is 0.531 bits per heavy atom. The van der Waals surface area contributed by atoms with Gasteiger partial charge in [0.2, 0.25) is 12.1 Å². The molecule has 0 spiro atoms. The number of Topliss-reactive ketones (excluding diaryl/α,β-unsaturated/α-hetero) is 2. The number of amides is 4. The van der Waals surface area contributed by atoms with Crippen LogP contribution in [0.25, 0.3) is 0 Å². The fourth-order valence-electron chi connectivity index (χ4n) is 5.81. The number of anilines is 4. The van der Waals surface area contributed by atoms with Gasteiger partial charge in [-0.2, -0.15) is 20.5 Å². The standard InChI is InChI=1S/C44H38Cl4N8O8/c1-23(57)37(55-53-35-19-25(13-15-29(35)47)41(59)49-31-11-7-5-9-27(31)21-45)43(61)51-33-17-18-34(40(64-4)39(33)63-3)52-44(62)38(24(2)58)56-54-36-20-26(14-16-30(36)48)42(60)50-32-12-8-6-10-28(32)22-46/h5-20,37-38H,21-22H2,1-4H3,(H,49,59)(H,50,60)(H,51,61)(H,52,62). The summed E-state index contributed by atoms with van der Waals surface area (Å²) >= 11 is 24.7. The number of methoxy groups -OCH3 is 2. The molecule has 5 aromatic rings. The molecule has 0 bridgehead atoms. The second-order valence-corrected chi connectivity index (χ2v) is 14.8. The molecule has 0 saturated heterocycles. The average molecular weight is 949 g/mol. The number of halogens is 4. The van der Waals surface area contributed by atoms with Crippen LogP contribution in [0.4, 0.5) is 34.1 Å². The van der Waals surface area contributed by atoms with Crippen LogP contribution in [0.5, 0.6) is 11.5 Å². The summed E-state index contributed by atoms with van der Waals surface area (Å²) in [5, 5.41) is 26.8. The van der Waals surface area contributed by atoms with Crippen molar-refractivity contribution < 1.29 is 38.2 Å². The van der Waals surface area contributed by atoms with Crippen molar-refractivity contribution in [3.63, 3.8) is 0 Å². The van der Waals surface area contributed by atoms with Crippen molar-refractivity contribution in [3.05, 3.63) is 129 Å². The van der Waals surface area contributed by atoms with Crippen LogP contribution in [-0.4, -0.2) is 61.5 Å². The van der Waals surface area contributed by atoms with Gasteiger partial charge in [-0.25, -0.2) is 0 Å².